The topological polar surface area (TPSA) is 98.3 Å². The summed E-state index contributed by atoms with van der Waals surface area (Å²) in [5.74, 6) is -3.41. The Morgan fingerprint density at radius 1 is 1.18 bits per heavy atom. The minimum Gasteiger partial charge on any atom is -0.386 e. The molecule has 0 bridgehead atoms. The van der Waals surface area contributed by atoms with Crippen LogP contribution in [0.1, 0.15) is 48.0 Å². The Bertz CT molecular complexity index is 1200. The Morgan fingerprint density at radius 2 is 1.88 bits per heavy atom. The highest BCUT2D eigenvalue weighted by molar-refractivity contribution is 5.96. The molecule has 178 valence electrons. The summed E-state index contributed by atoms with van der Waals surface area (Å²) in [4.78, 5) is 21.1. The molecule has 1 aliphatic rings. The van der Waals surface area contributed by atoms with E-state index in [2.05, 4.69) is 9.97 Å². The summed E-state index contributed by atoms with van der Waals surface area (Å²) in [6.07, 6.45) is 2.23. The molecule has 4 rings (SSSR count). The number of aliphatic hydroxyl groups is 1. The van der Waals surface area contributed by atoms with Crippen molar-refractivity contribution in [1.29, 1.82) is 0 Å². The van der Waals surface area contributed by atoms with Crippen LogP contribution in [0, 0.1) is 17.5 Å². The molecule has 3 aromatic rings. The normalized spacial score (nSPS) is 24.7. The van der Waals surface area contributed by atoms with Crippen LogP contribution in [-0.4, -0.2) is 38.6 Å². The number of rotatable bonds is 5. The van der Waals surface area contributed by atoms with Gasteiger partial charge in [-0.3, -0.25) is 9.78 Å². The van der Waals surface area contributed by atoms with E-state index in [1.165, 1.54) is 12.3 Å². The summed E-state index contributed by atoms with van der Waals surface area (Å²) >= 11 is 0. The summed E-state index contributed by atoms with van der Waals surface area (Å²) in [5, 5.41) is 10.5. The van der Waals surface area contributed by atoms with Crippen LogP contribution in [0.25, 0.3) is 11.3 Å². The van der Waals surface area contributed by atoms with Gasteiger partial charge in [-0.05, 0) is 61.7 Å². The molecule has 1 saturated heterocycles. The number of pyridine rings is 2. The lowest BCUT2D eigenvalue weighted by Crippen LogP contribution is -2.58. The molecule has 1 fully saturated rings. The molecule has 3 heterocycles. The zero-order chi connectivity index (χ0) is 24.6. The van der Waals surface area contributed by atoms with Crippen molar-refractivity contribution in [3.63, 3.8) is 0 Å². The number of aromatic nitrogens is 2. The highest BCUT2D eigenvalue weighted by Gasteiger charge is 2.43. The molecule has 0 amide bonds. The van der Waals surface area contributed by atoms with E-state index in [0.717, 1.165) is 24.3 Å². The van der Waals surface area contributed by atoms with Crippen molar-refractivity contribution in [1.82, 2.24) is 9.97 Å². The molecule has 0 saturated carbocycles. The van der Waals surface area contributed by atoms with Gasteiger partial charge < -0.3 is 15.6 Å². The summed E-state index contributed by atoms with van der Waals surface area (Å²) < 4.78 is 48.8. The highest BCUT2D eigenvalue weighted by Crippen LogP contribution is 2.37. The Labute approximate surface area is 194 Å². The molecule has 0 spiro atoms. The van der Waals surface area contributed by atoms with Crippen molar-refractivity contribution >= 4 is 5.78 Å². The third-order valence-electron chi connectivity index (χ3n) is 6.38. The lowest BCUT2D eigenvalue weighted by Gasteiger charge is -2.44. The molecular weight excluding hydrogens is 447 g/mol. The fourth-order valence-corrected chi connectivity index (χ4v) is 4.07. The second-order valence-electron chi connectivity index (χ2n) is 8.63. The molecule has 2 aromatic heterocycles. The third kappa shape index (κ3) is 4.46. The number of carbonyl (C=O) groups is 1. The highest BCUT2D eigenvalue weighted by atomic mass is 19.1. The minimum absolute atomic E-state index is 0.147. The number of benzene rings is 1. The fourth-order valence-electron chi connectivity index (χ4n) is 4.07. The Kier molecular flexibility index (Phi) is 6.53. The quantitative estimate of drug-likeness (QED) is 0.548. The number of halogens is 3. The lowest BCUT2D eigenvalue weighted by molar-refractivity contribution is -0.171. The summed E-state index contributed by atoms with van der Waals surface area (Å²) in [6, 6.07) is 6.43. The van der Waals surface area contributed by atoms with Crippen LogP contribution in [-0.2, 0) is 11.2 Å². The Balaban J connectivity index is 1.63. The number of carbonyl (C=O) groups excluding carboxylic acids is 1. The van der Waals surface area contributed by atoms with Crippen molar-refractivity contribution in [2.24, 2.45) is 5.73 Å². The number of hydrogen-bond acceptors (Lipinski definition) is 6. The van der Waals surface area contributed by atoms with Crippen molar-refractivity contribution in [3.05, 3.63) is 83.1 Å². The molecule has 0 unspecified atom stereocenters. The van der Waals surface area contributed by atoms with E-state index in [-0.39, 0.29) is 12.1 Å². The molecule has 6 nitrogen and oxygen atoms in total. The second kappa shape index (κ2) is 9.25. The van der Waals surface area contributed by atoms with Gasteiger partial charge in [0.05, 0.1) is 17.8 Å². The van der Waals surface area contributed by atoms with E-state index in [9.17, 15) is 23.1 Å². The third-order valence-corrected chi connectivity index (χ3v) is 6.38. The van der Waals surface area contributed by atoms with E-state index < -0.39 is 58.3 Å². The molecule has 0 radical (unpaired) electrons. The van der Waals surface area contributed by atoms with Crippen molar-refractivity contribution < 1.29 is 27.8 Å². The average Bonchev–Trinajstić information content (AvgIpc) is 2.79. The zero-order valence-corrected chi connectivity index (χ0v) is 18.6. The second-order valence-corrected chi connectivity index (χ2v) is 8.63. The predicted octanol–water partition coefficient (Wildman–Crippen LogP) is 3.91. The van der Waals surface area contributed by atoms with Crippen molar-refractivity contribution in [3.8, 4) is 11.3 Å². The number of nitrogens with two attached hydrogens (primary N) is 1. The Morgan fingerprint density at radius 3 is 2.56 bits per heavy atom. The average molecular weight is 471 g/mol. The maximum Gasteiger partial charge on any atom is 0.185 e. The largest absolute Gasteiger partial charge is 0.386 e. The van der Waals surface area contributed by atoms with Crippen LogP contribution < -0.4 is 5.73 Å². The lowest BCUT2D eigenvalue weighted by atomic mass is 9.82. The molecule has 1 aromatic carbocycles. The van der Waals surface area contributed by atoms with Gasteiger partial charge in [0.15, 0.2) is 5.78 Å². The zero-order valence-electron chi connectivity index (χ0n) is 18.6. The number of hydrogen-bond donors (Lipinski definition) is 2. The SMILES string of the molecule is C[C@@H]1O[C@H](c2ccncc2CC(=O)c2ccc(F)c(-c3c(F)cccc3F)n2)C[C@H](N)[C@@]1(C)O. The van der Waals surface area contributed by atoms with Crippen LogP contribution in [0.3, 0.4) is 0 Å². The smallest absolute Gasteiger partial charge is 0.185 e. The van der Waals surface area contributed by atoms with Crippen LogP contribution in [0.15, 0.2) is 48.8 Å². The van der Waals surface area contributed by atoms with E-state index >= 15 is 0 Å². The molecular formula is C25H24F3N3O3. The summed E-state index contributed by atoms with van der Waals surface area (Å²) in [7, 11) is 0. The first-order valence-electron chi connectivity index (χ1n) is 10.8. The van der Waals surface area contributed by atoms with Gasteiger partial charge in [-0.15, -0.1) is 0 Å². The van der Waals surface area contributed by atoms with E-state index in [0.29, 0.717) is 17.5 Å². The first-order chi connectivity index (χ1) is 16.1. The molecule has 0 aliphatic carbocycles. The van der Waals surface area contributed by atoms with Gasteiger partial charge in [-0.2, -0.15) is 0 Å². The van der Waals surface area contributed by atoms with Gasteiger partial charge in [0, 0.05) is 24.9 Å². The summed E-state index contributed by atoms with van der Waals surface area (Å²) in [5.41, 5.74) is 4.83. The first-order valence-corrected chi connectivity index (χ1v) is 10.8. The predicted molar refractivity (Wildman–Crippen MR) is 118 cm³/mol. The van der Waals surface area contributed by atoms with Crippen molar-refractivity contribution in [2.75, 3.05) is 0 Å². The van der Waals surface area contributed by atoms with Crippen LogP contribution in [0.2, 0.25) is 0 Å². The van der Waals surface area contributed by atoms with Gasteiger partial charge >= 0.3 is 0 Å². The molecule has 34 heavy (non-hydrogen) atoms. The summed E-state index contributed by atoms with van der Waals surface area (Å²) in [6.45, 7) is 3.34. The standard InChI is InChI=1S/C25H24F3N3O3/c1-13-25(2,33)22(29)11-21(34-13)15-8-9-30-12-14(15)10-20(32)19-7-6-18(28)24(31-19)23-16(26)4-3-5-17(23)27/h3-9,12-13,21-22,33H,10-11,29H2,1-2H3/t13-,21-,22-,25-/m0/s1. The van der Waals surface area contributed by atoms with Gasteiger partial charge in [0.2, 0.25) is 0 Å². The number of ketones is 1. The molecule has 4 atom stereocenters. The fraction of sp³-hybridized carbons (Fsp3) is 0.320. The van der Waals surface area contributed by atoms with Gasteiger partial charge in [-0.1, -0.05) is 6.07 Å². The van der Waals surface area contributed by atoms with E-state index in [1.54, 1.807) is 26.1 Å². The number of Topliss-reactive ketones (excluding diaryl/α,β-unsaturated/α-hetero) is 1. The van der Waals surface area contributed by atoms with Crippen LogP contribution >= 0.6 is 0 Å². The Hall–Kier alpha value is -3.14. The number of nitrogens with zero attached hydrogens (tertiary/aromatic N) is 2. The van der Waals surface area contributed by atoms with Gasteiger partial charge in [0.1, 0.15) is 34.4 Å². The molecule has 9 heteroatoms. The van der Waals surface area contributed by atoms with Crippen LogP contribution in [0.5, 0.6) is 0 Å². The van der Waals surface area contributed by atoms with Crippen molar-refractivity contribution in [2.45, 2.75) is 50.5 Å². The maximum absolute atomic E-state index is 14.4. The van der Waals surface area contributed by atoms with E-state index in [4.69, 9.17) is 10.5 Å². The monoisotopic (exact) mass is 471 g/mol. The van der Waals surface area contributed by atoms with Gasteiger partial charge in [-0.25, -0.2) is 18.2 Å². The minimum atomic E-state index is -1.20. The first kappa shape index (κ1) is 24.0. The maximum atomic E-state index is 14.4. The number of ether oxygens (including phenoxy) is 1. The van der Waals surface area contributed by atoms with E-state index in [1.807, 2.05) is 0 Å². The van der Waals surface area contributed by atoms with Crippen LogP contribution in [0.4, 0.5) is 13.2 Å². The molecule has 1 aliphatic heterocycles. The van der Waals surface area contributed by atoms with Gasteiger partial charge in [0.25, 0.3) is 0 Å². The molecule has 3 N–H and O–H groups in total.